The van der Waals surface area contributed by atoms with Gasteiger partial charge in [0.25, 0.3) is 5.91 Å². The van der Waals surface area contributed by atoms with Gasteiger partial charge in [0, 0.05) is 50.2 Å². The number of fused-ring (bicyclic) bond motifs is 1. The number of amides is 2. The highest BCUT2D eigenvalue weighted by Gasteiger charge is 2.28. The molecule has 2 aromatic rings. The quantitative estimate of drug-likeness (QED) is 0.868. The number of hydrogen-bond acceptors (Lipinski definition) is 3. The molecule has 29 heavy (non-hydrogen) atoms. The summed E-state index contributed by atoms with van der Waals surface area (Å²) >= 11 is 0. The molecule has 1 aromatic carbocycles. The summed E-state index contributed by atoms with van der Waals surface area (Å²) in [5.41, 5.74) is 2.82. The van der Waals surface area contributed by atoms with Gasteiger partial charge < -0.3 is 14.8 Å². The molecule has 0 saturated carbocycles. The summed E-state index contributed by atoms with van der Waals surface area (Å²) in [6.07, 6.45) is 1.21. The molecule has 0 aliphatic carbocycles. The maximum atomic E-state index is 12.9. The van der Waals surface area contributed by atoms with Crippen molar-refractivity contribution in [2.24, 2.45) is 11.8 Å². The van der Waals surface area contributed by atoms with Gasteiger partial charge in [0.2, 0.25) is 5.91 Å². The van der Waals surface area contributed by atoms with Crippen LogP contribution >= 0.6 is 0 Å². The Morgan fingerprint density at radius 1 is 1.00 bits per heavy atom. The highest BCUT2D eigenvalue weighted by atomic mass is 16.2. The van der Waals surface area contributed by atoms with Gasteiger partial charge in [-0.05, 0) is 43.4 Å². The van der Waals surface area contributed by atoms with Crippen molar-refractivity contribution >= 4 is 22.7 Å². The van der Waals surface area contributed by atoms with Gasteiger partial charge in [-0.25, -0.2) is 0 Å². The maximum Gasteiger partial charge on any atom is 0.270 e. The molecule has 156 valence electrons. The molecule has 2 aliphatic heterocycles. The zero-order valence-electron chi connectivity index (χ0n) is 17.8. The van der Waals surface area contributed by atoms with Crippen LogP contribution in [0.5, 0.6) is 0 Å². The van der Waals surface area contributed by atoms with Crippen molar-refractivity contribution < 1.29 is 9.59 Å². The normalized spacial score (nSPS) is 23.6. The largest absolute Gasteiger partial charge is 0.351 e. The molecule has 2 aliphatic rings. The van der Waals surface area contributed by atoms with Crippen molar-refractivity contribution in [3.63, 3.8) is 0 Å². The van der Waals surface area contributed by atoms with E-state index in [4.69, 9.17) is 0 Å². The van der Waals surface area contributed by atoms with E-state index >= 15 is 0 Å². The summed E-state index contributed by atoms with van der Waals surface area (Å²) in [7, 11) is 0. The van der Waals surface area contributed by atoms with Gasteiger partial charge >= 0.3 is 0 Å². The number of rotatable bonds is 3. The predicted octanol–water partition coefficient (Wildman–Crippen LogP) is 2.74. The number of carbonyl (C=O) groups is 2. The Bertz CT molecular complexity index is 887. The first-order valence-corrected chi connectivity index (χ1v) is 10.8. The minimum atomic E-state index is 0.0449. The Labute approximate surface area is 172 Å². The summed E-state index contributed by atoms with van der Waals surface area (Å²) in [6.45, 7) is 11.5. The van der Waals surface area contributed by atoms with E-state index in [9.17, 15) is 9.59 Å². The SMILES string of the molecule is Cc1ccc2[nH]c(C(=O)N3CCN(CC(=O)N4C[C@H](C)C[C@H](C)C4)CC3)cc2c1. The molecular formula is C23H32N4O2. The monoisotopic (exact) mass is 396 g/mol. The average Bonchev–Trinajstić information content (AvgIpc) is 3.10. The lowest BCUT2D eigenvalue weighted by molar-refractivity contribution is -0.135. The van der Waals surface area contributed by atoms with Crippen LogP contribution in [0.1, 0.15) is 36.3 Å². The standard InChI is InChI=1S/C23H32N4O2/c1-16-4-5-20-19(11-16)12-21(24-20)23(29)26-8-6-25(7-9-26)15-22(28)27-13-17(2)10-18(3)14-27/h4-5,11-12,17-18,24H,6-10,13-15H2,1-3H3/t17-,18+. The van der Waals surface area contributed by atoms with Crippen molar-refractivity contribution in [1.29, 1.82) is 0 Å². The van der Waals surface area contributed by atoms with Gasteiger partial charge in [-0.3, -0.25) is 14.5 Å². The van der Waals surface area contributed by atoms with Crippen LogP contribution in [0.2, 0.25) is 0 Å². The van der Waals surface area contributed by atoms with Crippen molar-refractivity contribution in [3.8, 4) is 0 Å². The third kappa shape index (κ3) is 4.47. The number of piperazine rings is 1. The molecule has 2 fully saturated rings. The summed E-state index contributed by atoms with van der Waals surface area (Å²) in [4.78, 5) is 35.0. The highest BCUT2D eigenvalue weighted by molar-refractivity contribution is 5.98. The van der Waals surface area contributed by atoms with Gasteiger partial charge in [0.15, 0.2) is 0 Å². The number of H-pyrrole nitrogens is 1. The van der Waals surface area contributed by atoms with Gasteiger partial charge in [-0.1, -0.05) is 25.5 Å². The molecule has 6 nitrogen and oxygen atoms in total. The molecule has 2 amide bonds. The van der Waals surface area contributed by atoms with Crippen LogP contribution in [-0.2, 0) is 4.79 Å². The summed E-state index contributed by atoms with van der Waals surface area (Å²) in [5, 5.41) is 1.07. The van der Waals surface area contributed by atoms with E-state index in [1.165, 1.54) is 12.0 Å². The van der Waals surface area contributed by atoms with Crippen LogP contribution in [0.25, 0.3) is 10.9 Å². The third-order valence-electron chi connectivity index (χ3n) is 6.25. The first-order chi connectivity index (χ1) is 13.9. The molecule has 0 bridgehead atoms. The highest BCUT2D eigenvalue weighted by Crippen LogP contribution is 2.22. The number of piperidine rings is 1. The number of likely N-dealkylation sites (tertiary alicyclic amines) is 1. The second-order valence-electron chi connectivity index (χ2n) is 9.09. The molecule has 2 atom stereocenters. The van der Waals surface area contributed by atoms with E-state index < -0.39 is 0 Å². The molecule has 1 N–H and O–H groups in total. The molecule has 0 radical (unpaired) electrons. The second-order valence-corrected chi connectivity index (χ2v) is 9.09. The van der Waals surface area contributed by atoms with Crippen LogP contribution in [0.4, 0.5) is 0 Å². The van der Waals surface area contributed by atoms with E-state index in [1.54, 1.807) is 0 Å². The zero-order chi connectivity index (χ0) is 20.5. The fraction of sp³-hybridized carbons (Fsp3) is 0.565. The first-order valence-electron chi connectivity index (χ1n) is 10.8. The number of aromatic nitrogens is 1. The number of carbonyl (C=O) groups excluding carboxylic acids is 2. The Balaban J connectivity index is 1.31. The van der Waals surface area contributed by atoms with Crippen LogP contribution < -0.4 is 0 Å². The number of nitrogens with zero attached hydrogens (tertiary/aromatic N) is 3. The summed E-state index contributed by atoms with van der Waals surface area (Å²) in [6, 6.07) is 8.10. The summed E-state index contributed by atoms with van der Waals surface area (Å²) < 4.78 is 0. The molecule has 2 saturated heterocycles. The number of benzene rings is 1. The van der Waals surface area contributed by atoms with E-state index in [0.717, 1.165) is 37.1 Å². The second kappa shape index (κ2) is 8.19. The smallest absolute Gasteiger partial charge is 0.270 e. The molecular weight excluding hydrogens is 364 g/mol. The van der Waals surface area contributed by atoms with Crippen LogP contribution in [0.15, 0.2) is 24.3 Å². The number of aryl methyl sites for hydroxylation is 1. The number of nitrogens with one attached hydrogen (secondary N) is 1. The minimum absolute atomic E-state index is 0.0449. The van der Waals surface area contributed by atoms with E-state index in [-0.39, 0.29) is 11.8 Å². The maximum absolute atomic E-state index is 12.9. The molecule has 3 heterocycles. The van der Waals surface area contributed by atoms with E-state index in [0.29, 0.717) is 37.2 Å². The van der Waals surface area contributed by atoms with Crippen molar-refractivity contribution in [2.75, 3.05) is 45.8 Å². The number of hydrogen-bond donors (Lipinski definition) is 1. The molecule has 1 aromatic heterocycles. The van der Waals surface area contributed by atoms with Crippen molar-refractivity contribution in [3.05, 3.63) is 35.5 Å². The topological polar surface area (TPSA) is 59.7 Å². The first kappa shape index (κ1) is 20.0. The van der Waals surface area contributed by atoms with Gasteiger partial charge in [-0.2, -0.15) is 0 Å². The predicted molar refractivity (Wildman–Crippen MR) is 115 cm³/mol. The zero-order valence-corrected chi connectivity index (χ0v) is 17.8. The fourth-order valence-electron chi connectivity index (χ4n) is 4.80. The molecule has 0 spiro atoms. The molecule has 0 unspecified atom stereocenters. The van der Waals surface area contributed by atoms with Gasteiger partial charge in [0.05, 0.1) is 6.54 Å². The lowest BCUT2D eigenvalue weighted by atomic mass is 9.92. The number of aromatic amines is 1. The third-order valence-corrected chi connectivity index (χ3v) is 6.25. The minimum Gasteiger partial charge on any atom is -0.351 e. The molecule has 4 rings (SSSR count). The van der Waals surface area contributed by atoms with Crippen LogP contribution in [0.3, 0.4) is 0 Å². The van der Waals surface area contributed by atoms with Crippen molar-refractivity contribution in [1.82, 2.24) is 19.7 Å². The Kier molecular flexibility index (Phi) is 5.63. The van der Waals surface area contributed by atoms with Crippen LogP contribution in [-0.4, -0.2) is 77.3 Å². The van der Waals surface area contributed by atoms with E-state index in [1.807, 2.05) is 28.0 Å². The van der Waals surface area contributed by atoms with Gasteiger partial charge in [-0.15, -0.1) is 0 Å². The lowest BCUT2D eigenvalue weighted by Crippen LogP contribution is -2.53. The Hall–Kier alpha value is -2.34. The van der Waals surface area contributed by atoms with Gasteiger partial charge in [0.1, 0.15) is 5.69 Å². The Morgan fingerprint density at radius 3 is 2.38 bits per heavy atom. The fourth-order valence-corrected chi connectivity index (χ4v) is 4.80. The molecule has 6 heteroatoms. The van der Waals surface area contributed by atoms with E-state index in [2.05, 4.69) is 36.7 Å². The Morgan fingerprint density at radius 2 is 1.69 bits per heavy atom. The van der Waals surface area contributed by atoms with Crippen molar-refractivity contribution in [2.45, 2.75) is 27.2 Å². The summed E-state index contributed by atoms with van der Waals surface area (Å²) in [5.74, 6) is 1.44. The lowest BCUT2D eigenvalue weighted by Gasteiger charge is -2.38. The van der Waals surface area contributed by atoms with Crippen LogP contribution in [0, 0.1) is 18.8 Å². The average molecular weight is 397 g/mol.